The number of carbonyl (C=O) groups is 7. The van der Waals surface area contributed by atoms with Crippen molar-refractivity contribution in [2.45, 2.75) is 95.0 Å². The van der Waals surface area contributed by atoms with Crippen molar-refractivity contribution in [1.82, 2.24) is 36.5 Å². The molecule has 7 amide bonds. The average molecular weight is 877 g/mol. The summed E-state index contributed by atoms with van der Waals surface area (Å²) in [5.41, 5.74) is 23.9. The minimum atomic E-state index is -1.35. The maximum atomic E-state index is 14.5. The second-order valence-electron chi connectivity index (χ2n) is 15.9. The van der Waals surface area contributed by atoms with Gasteiger partial charge in [0.2, 0.25) is 41.4 Å². The summed E-state index contributed by atoms with van der Waals surface area (Å²) < 4.78 is 0. The lowest BCUT2D eigenvalue weighted by Gasteiger charge is -2.30. The lowest BCUT2D eigenvalue weighted by Crippen LogP contribution is -2.60. The first kappa shape index (κ1) is 48.9. The van der Waals surface area contributed by atoms with Gasteiger partial charge in [0.05, 0.1) is 13.2 Å². The molecule has 0 bridgehead atoms. The molecule has 63 heavy (non-hydrogen) atoms. The van der Waals surface area contributed by atoms with E-state index in [1.165, 1.54) is 17.0 Å². The molecular formula is C42H60N12O9. The van der Waals surface area contributed by atoms with Crippen LogP contribution in [0.2, 0.25) is 0 Å². The monoisotopic (exact) mass is 876 g/mol. The zero-order valence-electron chi connectivity index (χ0n) is 35.5. The van der Waals surface area contributed by atoms with Gasteiger partial charge in [-0.25, -0.2) is 0 Å². The van der Waals surface area contributed by atoms with Gasteiger partial charge in [-0.2, -0.15) is 0 Å². The number of phenols is 1. The number of hydrogen-bond donors (Lipinski definition) is 12. The van der Waals surface area contributed by atoms with Crippen LogP contribution < -0.4 is 49.5 Å². The standard InChI is InChI=1S/C42H60N12O9/c1-23(2)17-31(37(59)50-30(9-5-15-47-42(45)46)41(63)54-16-6-10-34(54)40(62)49-21-35(44)57)52-39(61)33(19-25-20-48-29-8-4-3-7-27(25)29)53-38(60)32(51-36(58)28(43)22-55)18-24-11-13-26(56)14-12-24/h3-4,7-8,11-14,20,23,28,30-34,48,55-56H,5-6,9-10,15-19,21-22,43H2,1-2H3,(H2,44,57)(H,49,62)(H,50,59)(H,51,58)(H,52,61)(H,53,60)(H4,45,46,47)/t28-,30-,31-,32-,33+,34-/m0/s1. The first-order valence-electron chi connectivity index (χ1n) is 20.8. The zero-order valence-corrected chi connectivity index (χ0v) is 35.5. The van der Waals surface area contributed by atoms with Crippen molar-refractivity contribution in [2.75, 3.05) is 26.2 Å². The van der Waals surface area contributed by atoms with Gasteiger partial charge in [0.1, 0.15) is 42.0 Å². The van der Waals surface area contributed by atoms with Crippen LogP contribution in [0, 0.1) is 5.92 Å². The number of carbonyl (C=O) groups excluding carboxylic acids is 7. The summed E-state index contributed by atoms with van der Waals surface area (Å²) in [6, 6.07) is 5.96. The molecule has 2 heterocycles. The third-order valence-corrected chi connectivity index (χ3v) is 10.4. The highest BCUT2D eigenvalue weighted by Crippen LogP contribution is 2.22. The van der Waals surface area contributed by atoms with Gasteiger partial charge in [0, 0.05) is 43.0 Å². The van der Waals surface area contributed by atoms with E-state index in [1.807, 2.05) is 38.1 Å². The summed E-state index contributed by atoms with van der Waals surface area (Å²) in [6.45, 7) is 2.89. The highest BCUT2D eigenvalue weighted by molar-refractivity contribution is 5.97. The quantitative estimate of drug-likeness (QED) is 0.0270. The van der Waals surface area contributed by atoms with Crippen LogP contribution in [0.3, 0.4) is 0 Å². The van der Waals surface area contributed by atoms with E-state index in [4.69, 9.17) is 22.9 Å². The molecule has 1 saturated heterocycles. The number of likely N-dealkylation sites (tertiary alicyclic amines) is 1. The summed E-state index contributed by atoms with van der Waals surface area (Å²) in [7, 11) is 0. The predicted octanol–water partition coefficient (Wildman–Crippen LogP) is -2.39. The highest BCUT2D eigenvalue weighted by Gasteiger charge is 2.39. The summed E-state index contributed by atoms with van der Waals surface area (Å²) in [5.74, 6) is -5.29. The lowest BCUT2D eigenvalue weighted by molar-refractivity contribution is -0.142. The number of para-hydroxylation sites is 1. The third-order valence-electron chi connectivity index (χ3n) is 10.4. The summed E-state index contributed by atoms with van der Waals surface area (Å²) >= 11 is 0. The normalized spacial score (nSPS) is 16.0. The fourth-order valence-corrected chi connectivity index (χ4v) is 7.24. The number of phenolic OH excluding ortho intramolecular Hbond substituents is 1. The van der Waals surface area contributed by atoms with Crippen LogP contribution in [0.25, 0.3) is 10.9 Å². The van der Waals surface area contributed by atoms with Crippen LogP contribution in [0.5, 0.6) is 5.75 Å². The number of nitrogens with two attached hydrogens (primary N) is 4. The minimum Gasteiger partial charge on any atom is -0.508 e. The Bertz CT molecular complexity index is 2100. The third kappa shape index (κ3) is 14.7. The Morgan fingerprint density at radius 3 is 2.11 bits per heavy atom. The number of primary amides is 1. The number of aliphatic hydroxyl groups excluding tert-OH is 1. The summed E-state index contributed by atoms with van der Waals surface area (Å²) in [4.78, 5) is 103. The van der Waals surface area contributed by atoms with E-state index in [9.17, 15) is 43.8 Å². The van der Waals surface area contributed by atoms with E-state index in [2.05, 4.69) is 36.6 Å². The fraction of sp³-hybridized carbons (Fsp3) is 0.476. The second kappa shape index (κ2) is 23.5. The van der Waals surface area contributed by atoms with Gasteiger partial charge in [-0.05, 0) is 67.3 Å². The number of fused-ring (bicyclic) bond motifs is 1. The molecule has 0 radical (unpaired) electrons. The number of aromatic nitrogens is 1. The Morgan fingerprint density at radius 1 is 0.841 bits per heavy atom. The molecule has 0 saturated carbocycles. The number of guanidine groups is 1. The number of aromatic amines is 1. The number of benzene rings is 2. The SMILES string of the molecule is CC(C)C[C@H](NC(=O)[C@@H](Cc1c[nH]c2ccccc12)NC(=O)[C@H](Cc1ccc(O)cc1)NC(=O)[C@@H](N)CO)C(=O)N[C@@H](CCCN=C(N)N)C(=O)N1CCC[C@H]1C(=O)NCC(N)=O. The molecule has 1 aliphatic heterocycles. The van der Waals surface area contributed by atoms with Crippen molar-refractivity contribution >= 4 is 58.2 Å². The number of nitrogens with zero attached hydrogens (tertiary/aromatic N) is 2. The molecule has 21 heteroatoms. The van der Waals surface area contributed by atoms with E-state index >= 15 is 0 Å². The fourth-order valence-electron chi connectivity index (χ4n) is 7.24. The van der Waals surface area contributed by atoms with E-state index in [0.717, 1.165) is 10.9 Å². The number of rotatable bonds is 23. The van der Waals surface area contributed by atoms with Crippen LogP contribution in [0.1, 0.15) is 57.1 Å². The van der Waals surface area contributed by atoms with Crippen molar-refractivity contribution in [3.05, 3.63) is 65.9 Å². The van der Waals surface area contributed by atoms with Crippen molar-refractivity contribution in [1.29, 1.82) is 0 Å². The summed E-state index contributed by atoms with van der Waals surface area (Å²) in [6.07, 6.45) is 2.78. The van der Waals surface area contributed by atoms with E-state index in [-0.39, 0.29) is 62.8 Å². The first-order valence-corrected chi connectivity index (χ1v) is 20.8. The highest BCUT2D eigenvalue weighted by atomic mass is 16.3. The van der Waals surface area contributed by atoms with Gasteiger partial charge in [-0.1, -0.05) is 44.2 Å². The average Bonchev–Trinajstić information content (AvgIpc) is 3.91. The van der Waals surface area contributed by atoms with E-state index in [0.29, 0.717) is 24.0 Å². The van der Waals surface area contributed by atoms with Gasteiger partial charge in [-0.15, -0.1) is 0 Å². The topological polar surface area (TPSA) is 356 Å². The number of aromatic hydroxyl groups is 1. The van der Waals surface area contributed by atoms with Crippen LogP contribution in [-0.2, 0) is 46.4 Å². The van der Waals surface area contributed by atoms with Gasteiger partial charge < -0.3 is 69.6 Å². The lowest BCUT2D eigenvalue weighted by atomic mass is 9.99. The molecule has 21 nitrogen and oxygen atoms in total. The molecular weight excluding hydrogens is 817 g/mol. The van der Waals surface area contributed by atoms with E-state index in [1.54, 1.807) is 18.3 Å². The molecule has 4 rings (SSSR count). The number of aliphatic imine (C=N–C) groups is 1. The number of nitrogens with one attached hydrogen (secondary N) is 6. The molecule has 6 atom stereocenters. The Hall–Kier alpha value is -6.74. The van der Waals surface area contributed by atoms with Crippen LogP contribution in [-0.4, -0.2) is 130 Å². The molecule has 2 aromatic carbocycles. The largest absolute Gasteiger partial charge is 0.508 e. The first-order chi connectivity index (χ1) is 30.0. The Balaban J connectivity index is 1.63. The molecule has 3 aromatic rings. The van der Waals surface area contributed by atoms with Crippen LogP contribution >= 0.6 is 0 Å². The smallest absolute Gasteiger partial charge is 0.245 e. The Labute approximate surface area is 364 Å². The summed E-state index contributed by atoms with van der Waals surface area (Å²) in [5, 5.41) is 33.5. The maximum absolute atomic E-state index is 14.5. The minimum absolute atomic E-state index is 0.0205. The number of hydrogen-bond acceptors (Lipinski definition) is 11. The molecule has 16 N–H and O–H groups in total. The Morgan fingerprint density at radius 2 is 1.46 bits per heavy atom. The van der Waals surface area contributed by atoms with Crippen LogP contribution in [0.15, 0.2) is 59.7 Å². The molecule has 0 spiro atoms. The predicted molar refractivity (Wildman–Crippen MR) is 233 cm³/mol. The Kier molecular flexibility index (Phi) is 18.2. The molecule has 342 valence electrons. The van der Waals surface area contributed by atoms with Crippen molar-refractivity contribution in [3.8, 4) is 5.75 Å². The van der Waals surface area contributed by atoms with Crippen LogP contribution in [0.4, 0.5) is 0 Å². The molecule has 1 fully saturated rings. The van der Waals surface area contributed by atoms with Gasteiger partial charge in [0.25, 0.3) is 0 Å². The molecule has 1 aliphatic rings. The van der Waals surface area contributed by atoms with Crippen molar-refractivity contribution < 1.29 is 43.8 Å². The van der Waals surface area contributed by atoms with Gasteiger partial charge >= 0.3 is 0 Å². The van der Waals surface area contributed by atoms with Gasteiger partial charge in [-0.3, -0.25) is 38.6 Å². The molecule has 1 aromatic heterocycles. The van der Waals surface area contributed by atoms with Crippen molar-refractivity contribution in [3.63, 3.8) is 0 Å². The van der Waals surface area contributed by atoms with E-state index < -0.39 is 90.8 Å². The number of aliphatic hydroxyl groups is 1. The number of amides is 7. The molecule has 0 aliphatic carbocycles. The van der Waals surface area contributed by atoms with Gasteiger partial charge in [0.15, 0.2) is 5.96 Å². The second-order valence-corrected chi connectivity index (χ2v) is 15.9. The number of H-pyrrole nitrogens is 1. The van der Waals surface area contributed by atoms with Crippen molar-refractivity contribution in [2.24, 2.45) is 33.8 Å². The molecule has 0 unspecified atom stereocenters. The zero-order chi connectivity index (χ0) is 46.2. The maximum Gasteiger partial charge on any atom is 0.245 e.